The van der Waals surface area contributed by atoms with Crippen LogP contribution in [0, 0.1) is 0 Å². The number of amides is 1. The van der Waals surface area contributed by atoms with Crippen LogP contribution in [-0.2, 0) is 6.54 Å². The molecule has 3 aromatic rings. The minimum atomic E-state index is -0.144. The Kier molecular flexibility index (Phi) is 7.47. The zero-order chi connectivity index (χ0) is 23.2. The third-order valence-corrected chi connectivity index (χ3v) is 6.36. The molecule has 2 heterocycles. The number of pyridine rings is 1. The van der Waals surface area contributed by atoms with Crippen LogP contribution in [0.5, 0.6) is 5.75 Å². The maximum absolute atomic E-state index is 13.4. The fourth-order valence-electron chi connectivity index (χ4n) is 4.47. The molecule has 1 aromatic carbocycles. The average Bonchev–Trinajstić information content (AvgIpc) is 3.27. The van der Waals surface area contributed by atoms with Crippen molar-refractivity contribution >= 4 is 22.6 Å². The van der Waals surface area contributed by atoms with Crippen molar-refractivity contribution in [2.24, 2.45) is 0 Å². The highest BCUT2D eigenvalue weighted by atomic mass is 16.5. The van der Waals surface area contributed by atoms with E-state index < -0.39 is 0 Å². The number of anilines is 1. The van der Waals surface area contributed by atoms with Gasteiger partial charge in [0, 0.05) is 18.8 Å². The van der Waals surface area contributed by atoms with Crippen LogP contribution in [-0.4, -0.2) is 33.3 Å². The summed E-state index contributed by atoms with van der Waals surface area (Å²) in [7, 11) is 0. The number of carbonyl (C=O) groups excluding carboxylic acids is 1. The highest BCUT2D eigenvalue weighted by Crippen LogP contribution is 2.30. The minimum absolute atomic E-state index is 0.134. The van der Waals surface area contributed by atoms with E-state index in [9.17, 15) is 4.79 Å². The summed E-state index contributed by atoms with van der Waals surface area (Å²) in [5.74, 6) is 0.714. The van der Waals surface area contributed by atoms with Gasteiger partial charge in [-0.2, -0.15) is 5.10 Å². The Hall–Kier alpha value is -3.09. The number of hydrogen-bond donors (Lipinski definition) is 2. The van der Waals surface area contributed by atoms with Crippen LogP contribution in [0.3, 0.4) is 0 Å². The summed E-state index contributed by atoms with van der Waals surface area (Å²) in [6.45, 7) is 7.56. The molecule has 1 unspecified atom stereocenters. The molecule has 0 spiro atoms. The van der Waals surface area contributed by atoms with Gasteiger partial charge >= 0.3 is 0 Å². The number of aryl methyl sites for hydroxylation is 1. The zero-order valence-electron chi connectivity index (χ0n) is 19.9. The van der Waals surface area contributed by atoms with E-state index in [1.807, 2.05) is 49.0 Å². The van der Waals surface area contributed by atoms with E-state index in [4.69, 9.17) is 4.74 Å². The first-order valence-corrected chi connectivity index (χ1v) is 12.2. The molecule has 1 aliphatic carbocycles. The third kappa shape index (κ3) is 5.29. The van der Waals surface area contributed by atoms with Gasteiger partial charge in [0.05, 0.1) is 35.5 Å². The topological polar surface area (TPSA) is 81.1 Å². The summed E-state index contributed by atoms with van der Waals surface area (Å²) in [6.07, 6.45) is 10.4. The lowest BCUT2D eigenvalue weighted by atomic mass is 9.95. The Bertz CT molecular complexity index is 1070. The van der Waals surface area contributed by atoms with E-state index in [1.54, 1.807) is 6.20 Å². The van der Waals surface area contributed by atoms with Crippen molar-refractivity contribution in [2.75, 3.05) is 11.9 Å². The number of rotatable bonds is 9. The van der Waals surface area contributed by atoms with Crippen LogP contribution >= 0.6 is 0 Å². The van der Waals surface area contributed by atoms with Crippen molar-refractivity contribution in [1.82, 2.24) is 20.1 Å². The zero-order valence-corrected chi connectivity index (χ0v) is 19.9. The van der Waals surface area contributed by atoms with Crippen molar-refractivity contribution in [3.8, 4) is 5.75 Å². The summed E-state index contributed by atoms with van der Waals surface area (Å²) in [5.41, 5.74) is 3.25. The largest absolute Gasteiger partial charge is 0.494 e. The number of aromatic nitrogens is 3. The van der Waals surface area contributed by atoms with Gasteiger partial charge in [-0.1, -0.05) is 38.3 Å². The maximum atomic E-state index is 13.4. The van der Waals surface area contributed by atoms with Crippen LogP contribution in [0.15, 0.2) is 36.7 Å². The van der Waals surface area contributed by atoms with Gasteiger partial charge in [0.2, 0.25) is 0 Å². The van der Waals surface area contributed by atoms with Gasteiger partial charge < -0.3 is 15.4 Å². The number of benzene rings is 1. The number of nitrogens with one attached hydrogen (secondary N) is 2. The van der Waals surface area contributed by atoms with Crippen molar-refractivity contribution in [2.45, 2.75) is 77.9 Å². The minimum Gasteiger partial charge on any atom is -0.494 e. The van der Waals surface area contributed by atoms with E-state index in [0.717, 1.165) is 53.8 Å². The van der Waals surface area contributed by atoms with Crippen molar-refractivity contribution in [3.63, 3.8) is 0 Å². The smallest absolute Gasteiger partial charge is 0.255 e. The first-order chi connectivity index (χ1) is 16.1. The molecule has 0 saturated heterocycles. The number of ether oxygens (including phenoxy) is 1. The molecule has 33 heavy (non-hydrogen) atoms. The summed E-state index contributed by atoms with van der Waals surface area (Å²) < 4.78 is 7.54. The van der Waals surface area contributed by atoms with E-state index in [2.05, 4.69) is 27.6 Å². The lowest BCUT2D eigenvalue weighted by molar-refractivity contribution is 0.0940. The lowest BCUT2D eigenvalue weighted by Gasteiger charge is -2.25. The second kappa shape index (κ2) is 10.7. The van der Waals surface area contributed by atoms with Crippen molar-refractivity contribution < 1.29 is 9.53 Å². The first kappa shape index (κ1) is 23.1. The van der Waals surface area contributed by atoms with Gasteiger partial charge in [0.15, 0.2) is 5.65 Å². The summed E-state index contributed by atoms with van der Waals surface area (Å²) in [5, 5.41) is 12.2. The molecule has 1 aliphatic rings. The molecule has 176 valence electrons. The summed E-state index contributed by atoms with van der Waals surface area (Å²) in [4.78, 5) is 18.0. The normalized spacial score (nSPS) is 15.4. The maximum Gasteiger partial charge on any atom is 0.255 e. The van der Waals surface area contributed by atoms with Gasteiger partial charge in [0.1, 0.15) is 5.75 Å². The second-order valence-corrected chi connectivity index (χ2v) is 8.84. The van der Waals surface area contributed by atoms with E-state index in [-0.39, 0.29) is 11.9 Å². The Balaban J connectivity index is 1.56. The fourth-order valence-corrected chi connectivity index (χ4v) is 4.47. The van der Waals surface area contributed by atoms with Gasteiger partial charge in [0.25, 0.3) is 5.91 Å². The molecule has 1 atom stereocenters. The van der Waals surface area contributed by atoms with E-state index in [1.165, 1.54) is 19.3 Å². The molecule has 0 radical (unpaired) electrons. The molecule has 4 rings (SSSR count). The van der Waals surface area contributed by atoms with E-state index in [0.29, 0.717) is 18.2 Å². The van der Waals surface area contributed by atoms with Crippen LogP contribution < -0.4 is 15.4 Å². The molecule has 1 saturated carbocycles. The monoisotopic (exact) mass is 449 g/mol. The van der Waals surface area contributed by atoms with Crippen LogP contribution in [0.25, 0.3) is 11.0 Å². The van der Waals surface area contributed by atoms with Crippen molar-refractivity contribution in [3.05, 3.63) is 47.8 Å². The molecule has 1 fully saturated rings. The number of fused-ring (bicyclic) bond motifs is 1. The second-order valence-electron chi connectivity index (χ2n) is 8.84. The molecule has 0 bridgehead atoms. The SMILES string of the molecule is CCCOc1ccc(C(C)NC(=O)c2cnc3c(cnn3CC)c2NC2CCCCC2)cc1. The van der Waals surface area contributed by atoms with Gasteiger partial charge in [-0.3, -0.25) is 4.79 Å². The number of hydrogen-bond acceptors (Lipinski definition) is 5. The fraction of sp³-hybridized carbons (Fsp3) is 0.500. The van der Waals surface area contributed by atoms with Gasteiger partial charge in [-0.15, -0.1) is 0 Å². The first-order valence-electron chi connectivity index (χ1n) is 12.2. The Morgan fingerprint density at radius 1 is 1.15 bits per heavy atom. The number of nitrogens with zero attached hydrogens (tertiary/aromatic N) is 3. The van der Waals surface area contributed by atoms with Gasteiger partial charge in [-0.25, -0.2) is 9.67 Å². The molecular formula is C26H35N5O2. The average molecular weight is 450 g/mol. The molecule has 2 N–H and O–H groups in total. The van der Waals surface area contributed by atoms with Crippen LogP contribution in [0.4, 0.5) is 5.69 Å². The Morgan fingerprint density at radius 2 is 1.91 bits per heavy atom. The van der Waals surface area contributed by atoms with Crippen LogP contribution in [0.1, 0.15) is 81.3 Å². The third-order valence-electron chi connectivity index (χ3n) is 6.36. The molecule has 7 nitrogen and oxygen atoms in total. The Labute approximate surface area is 195 Å². The molecule has 0 aliphatic heterocycles. The predicted molar refractivity (Wildman–Crippen MR) is 132 cm³/mol. The molecule has 1 amide bonds. The Morgan fingerprint density at radius 3 is 2.61 bits per heavy atom. The highest BCUT2D eigenvalue weighted by Gasteiger charge is 2.23. The van der Waals surface area contributed by atoms with E-state index >= 15 is 0 Å². The molecular weight excluding hydrogens is 414 g/mol. The highest BCUT2D eigenvalue weighted by molar-refractivity contribution is 6.06. The standard InChI is InChI=1S/C26H35N5O2/c1-4-15-33-21-13-11-19(12-14-21)18(3)29-26(32)23-16-27-25-22(17-28-31(25)5-2)24(23)30-20-9-7-6-8-10-20/h11-14,16-18,20H,4-10,15H2,1-3H3,(H,27,30)(H,29,32). The molecule has 7 heteroatoms. The summed E-state index contributed by atoms with van der Waals surface area (Å²) in [6, 6.07) is 8.14. The predicted octanol–water partition coefficient (Wildman–Crippen LogP) is 5.48. The number of carbonyl (C=O) groups is 1. The lowest BCUT2D eigenvalue weighted by Crippen LogP contribution is -2.29. The quantitative estimate of drug-likeness (QED) is 0.452. The van der Waals surface area contributed by atoms with Crippen LogP contribution in [0.2, 0.25) is 0 Å². The van der Waals surface area contributed by atoms with Gasteiger partial charge in [-0.05, 0) is 50.8 Å². The summed E-state index contributed by atoms with van der Waals surface area (Å²) >= 11 is 0. The molecule has 2 aromatic heterocycles. The van der Waals surface area contributed by atoms with Crippen molar-refractivity contribution in [1.29, 1.82) is 0 Å².